The maximum absolute atomic E-state index is 12.2. The first-order chi connectivity index (χ1) is 11.4. The molecule has 1 aliphatic rings. The van der Waals surface area contributed by atoms with Gasteiger partial charge in [0.25, 0.3) is 0 Å². The molecule has 9 heteroatoms. The number of carboxylic acids is 1. The molecule has 9 nitrogen and oxygen atoms in total. The molecule has 2 rings (SSSR count). The van der Waals surface area contributed by atoms with Crippen molar-refractivity contribution in [3.63, 3.8) is 0 Å². The van der Waals surface area contributed by atoms with Crippen LogP contribution in [0.4, 0.5) is 10.5 Å². The fraction of sp³-hybridized carbons (Fsp3) is 0.333. The van der Waals surface area contributed by atoms with E-state index in [0.29, 0.717) is 25.1 Å². The molecule has 0 unspecified atom stereocenters. The molecule has 1 fully saturated rings. The van der Waals surface area contributed by atoms with E-state index in [4.69, 9.17) is 11.5 Å². The second-order valence-corrected chi connectivity index (χ2v) is 5.34. The molecule has 3 amide bonds. The zero-order chi connectivity index (χ0) is 17.7. The number of rotatable bonds is 6. The number of carboxylic acid groups (broad SMARTS) is 1. The Labute approximate surface area is 138 Å². The van der Waals surface area contributed by atoms with Crippen LogP contribution in [0.2, 0.25) is 0 Å². The monoisotopic (exact) mass is 333 g/mol. The summed E-state index contributed by atoms with van der Waals surface area (Å²) in [6.07, 6.45) is 0.744. The lowest BCUT2D eigenvalue weighted by atomic mass is 9.84. The molecule has 0 spiro atoms. The van der Waals surface area contributed by atoms with Gasteiger partial charge in [0.2, 0.25) is 5.91 Å². The number of aliphatic imine (C=N–C) groups is 1. The Balaban J connectivity index is 1.98. The van der Waals surface area contributed by atoms with Crippen molar-refractivity contribution in [1.29, 1.82) is 0 Å². The number of aliphatic carboxylic acids is 1. The molecule has 0 aromatic heterocycles. The Kier molecular flexibility index (Phi) is 5.35. The molecule has 1 saturated heterocycles. The molecule has 128 valence electrons. The molecule has 1 aromatic carbocycles. The lowest BCUT2D eigenvalue weighted by Crippen LogP contribution is -2.67. The van der Waals surface area contributed by atoms with E-state index in [9.17, 15) is 19.5 Å². The van der Waals surface area contributed by atoms with Gasteiger partial charge in [-0.25, -0.2) is 14.5 Å². The average Bonchev–Trinajstić information content (AvgIpc) is 2.52. The van der Waals surface area contributed by atoms with Crippen molar-refractivity contribution in [2.24, 2.45) is 22.4 Å². The van der Waals surface area contributed by atoms with Crippen LogP contribution in [-0.4, -0.2) is 46.5 Å². The van der Waals surface area contributed by atoms with Crippen LogP contribution < -0.4 is 16.8 Å². The standard InChI is InChI=1S/C15H19N5O4/c16-14(17)18-8-4-7-10-11(13(22)23)20(12(10)21)15(24)19-9-5-2-1-3-6-9/h1-3,5-6,10-11H,4,7-8H2,(H,19,24)(H,22,23)(H4,16,17,18)/t10-,11-/m0/s1. The number of anilines is 1. The lowest BCUT2D eigenvalue weighted by Gasteiger charge is -2.42. The third-order valence-corrected chi connectivity index (χ3v) is 3.68. The van der Waals surface area contributed by atoms with Crippen LogP contribution >= 0.6 is 0 Å². The summed E-state index contributed by atoms with van der Waals surface area (Å²) in [5.41, 5.74) is 10.9. The molecule has 6 N–H and O–H groups in total. The van der Waals surface area contributed by atoms with E-state index in [1.54, 1.807) is 30.3 Å². The first-order valence-electron chi connectivity index (χ1n) is 7.39. The number of benzene rings is 1. The highest BCUT2D eigenvalue weighted by Crippen LogP contribution is 2.31. The third kappa shape index (κ3) is 3.80. The number of hydrogen-bond donors (Lipinski definition) is 4. The van der Waals surface area contributed by atoms with E-state index in [-0.39, 0.29) is 5.96 Å². The molecule has 0 bridgehead atoms. The largest absolute Gasteiger partial charge is 0.480 e. The van der Waals surface area contributed by atoms with Crippen molar-refractivity contribution in [2.75, 3.05) is 11.9 Å². The minimum Gasteiger partial charge on any atom is -0.480 e. The van der Waals surface area contributed by atoms with E-state index in [0.717, 1.165) is 4.90 Å². The van der Waals surface area contributed by atoms with Gasteiger partial charge in [-0.1, -0.05) is 18.2 Å². The van der Waals surface area contributed by atoms with Crippen molar-refractivity contribution < 1.29 is 19.5 Å². The quantitative estimate of drug-likeness (QED) is 0.252. The number of amides is 3. The zero-order valence-electron chi connectivity index (χ0n) is 12.9. The van der Waals surface area contributed by atoms with Gasteiger partial charge in [-0.3, -0.25) is 9.79 Å². The smallest absolute Gasteiger partial charge is 0.329 e. The van der Waals surface area contributed by atoms with Gasteiger partial charge in [-0.15, -0.1) is 0 Å². The van der Waals surface area contributed by atoms with Crippen molar-refractivity contribution in [1.82, 2.24) is 4.90 Å². The van der Waals surface area contributed by atoms with Crippen LogP contribution in [0.15, 0.2) is 35.3 Å². The Morgan fingerprint density at radius 3 is 2.50 bits per heavy atom. The number of urea groups is 1. The molecule has 2 atom stereocenters. The molecule has 0 radical (unpaired) electrons. The van der Waals surface area contributed by atoms with Gasteiger partial charge in [0.05, 0.1) is 5.92 Å². The van der Waals surface area contributed by atoms with Gasteiger partial charge >= 0.3 is 12.0 Å². The number of para-hydroxylation sites is 1. The predicted molar refractivity (Wildman–Crippen MR) is 87.1 cm³/mol. The van der Waals surface area contributed by atoms with Crippen LogP contribution in [-0.2, 0) is 9.59 Å². The van der Waals surface area contributed by atoms with Crippen molar-refractivity contribution in [3.05, 3.63) is 30.3 Å². The topological polar surface area (TPSA) is 151 Å². The van der Waals surface area contributed by atoms with Gasteiger partial charge in [-0.2, -0.15) is 0 Å². The Morgan fingerprint density at radius 1 is 1.25 bits per heavy atom. The Bertz CT molecular complexity index is 657. The number of nitrogens with two attached hydrogens (primary N) is 2. The second kappa shape index (κ2) is 7.44. The van der Waals surface area contributed by atoms with Crippen LogP contribution in [0.5, 0.6) is 0 Å². The summed E-state index contributed by atoms with van der Waals surface area (Å²) in [4.78, 5) is 40.2. The summed E-state index contributed by atoms with van der Waals surface area (Å²) in [7, 11) is 0. The Hall–Kier alpha value is -3.10. The third-order valence-electron chi connectivity index (χ3n) is 3.68. The zero-order valence-corrected chi connectivity index (χ0v) is 12.9. The summed E-state index contributed by atoms with van der Waals surface area (Å²) in [6, 6.07) is 6.56. The van der Waals surface area contributed by atoms with E-state index >= 15 is 0 Å². The maximum Gasteiger partial charge on any atom is 0.329 e. The number of carbonyl (C=O) groups excluding carboxylic acids is 2. The number of carbonyl (C=O) groups is 3. The van der Waals surface area contributed by atoms with Gasteiger partial charge in [0, 0.05) is 12.2 Å². The summed E-state index contributed by atoms with van der Waals surface area (Å²) < 4.78 is 0. The normalized spacial score (nSPS) is 19.3. The van der Waals surface area contributed by atoms with Crippen molar-refractivity contribution >= 4 is 29.6 Å². The molecular formula is C15H19N5O4. The lowest BCUT2D eigenvalue weighted by molar-refractivity contribution is -0.165. The van der Waals surface area contributed by atoms with E-state index in [1.807, 2.05) is 0 Å². The van der Waals surface area contributed by atoms with Crippen LogP contribution in [0.3, 0.4) is 0 Å². The molecule has 0 saturated carbocycles. The fourth-order valence-electron chi connectivity index (χ4n) is 2.56. The highest BCUT2D eigenvalue weighted by Gasteiger charge is 2.54. The number of imide groups is 1. The number of likely N-dealkylation sites (tertiary alicyclic amines) is 1. The molecule has 1 heterocycles. The average molecular weight is 333 g/mol. The number of guanidine groups is 1. The highest BCUT2D eigenvalue weighted by atomic mass is 16.4. The summed E-state index contributed by atoms with van der Waals surface area (Å²) in [6.45, 7) is 0.300. The highest BCUT2D eigenvalue weighted by molar-refractivity contribution is 6.10. The first-order valence-corrected chi connectivity index (χ1v) is 7.39. The number of nitrogens with zero attached hydrogens (tertiary/aromatic N) is 2. The summed E-state index contributed by atoms with van der Waals surface area (Å²) in [5, 5.41) is 11.8. The molecule has 1 aromatic rings. The van der Waals surface area contributed by atoms with Gasteiger partial charge < -0.3 is 21.9 Å². The predicted octanol–water partition coefficient (Wildman–Crippen LogP) is 0.184. The molecule has 24 heavy (non-hydrogen) atoms. The van der Waals surface area contributed by atoms with Gasteiger partial charge in [-0.05, 0) is 25.0 Å². The summed E-state index contributed by atoms with van der Waals surface area (Å²) in [5.74, 6) is -2.54. The summed E-state index contributed by atoms with van der Waals surface area (Å²) >= 11 is 0. The minimum absolute atomic E-state index is 0.0615. The van der Waals surface area contributed by atoms with Crippen LogP contribution in [0.1, 0.15) is 12.8 Å². The fourth-order valence-corrected chi connectivity index (χ4v) is 2.56. The van der Waals surface area contributed by atoms with Gasteiger partial charge in [0.1, 0.15) is 0 Å². The minimum atomic E-state index is -1.22. The second-order valence-electron chi connectivity index (χ2n) is 5.34. The number of nitrogens with one attached hydrogen (secondary N) is 1. The van der Waals surface area contributed by atoms with Gasteiger partial charge in [0.15, 0.2) is 12.0 Å². The van der Waals surface area contributed by atoms with Crippen LogP contribution in [0.25, 0.3) is 0 Å². The van der Waals surface area contributed by atoms with E-state index < -0.39 is 29.9 Å². The number of β-lactam (4-membered cyclic amide) rings is 1. The molecular weight excluding hydrogens is 314 g/mol. The van der Waals surface area contributed by atoms with Crippen molar-refractivity contribution in [3.8, 4) is 0 Å². The molecule has 1 aliphatic heterocycles. The number of hydrogen-bond acceptors (Lipinski definition) is 4. The maximum atomic E-state index is 12.2. The van der Waals surface area contributed by atoms with E-state index in [1.165, 1.54) is 0 Å². The molecule has 0 aliphatic carbocycles. The van der Waals surface area contributed by atoms with Crippen LogP contribution in [0, 0.1) is 5.92 Å². The Morgan fingerprint density at radius 2 is 1.92 bits per heavy atom. The van der Waals surface area contributed by atoms with Crippen molar-refractivity contribution in [2.45, 2.75) is 18.9 Å². The SMILES string of the molecule is NC(N)=NCCC[C@@H]1C(=O)N(C(=O)Nc2ccccc2)[C@@H]1C(=O)O. The van der Waals surface area contributed by atoms with E-state index in [2.05, 4.69) is 10.3 Å². The first kappa shape index (κ1) is 17.3.